The Balaban J connectivity index is 1.35. The van der Waals surface area contributed by atoms with Crippen molar-refractivity contribution in [3.8, 4) is 5.75 Å². The lowest BCUT2D eigenvalue weighted by Crippen LogP contribution is -2.57. The smallest absolute Gasteiger partial charge is 0.330 e. The number of methoxy groups -OCH3 is 1. The molecule has 1 spiro atoms. The number of anilines is 1. The van der Waals surface area contributed by atoms with E-state index >= 15 is 0 Å². The predicted octanol–water partition coefficient (Wildman–Crippen LogP) is 4.87. The van der Waals surface area contributed by atoms with Crippen LogP contribution in [0.5, 0.6) is 5.75 Å². The summed E-state index contributed by atoms with van der Waals surface area (Å²) < 4.78 is 40.2. The quantitative estimate of drug-likeness (QED) is 0.422. The van der Waals surface area contributed by atoms with E-state index in [4.69, 9.17) is 25.8 Å². The van der Waals surface area contributed by atoms with Gasteiger partial charge in [-0.2, -0.15) is 0 Å². The predicted molar refractivity (Wildman–Crippen MR) is 186 cm³/mol. The van der Waals surface area contributed by atoms with Gasteiger partial charge < -0.3 is 29.1 Å². The van der Waals surface area contributed by atoms with Crippen molar-refractivity contribution in [3.05, 3.63) is 64.7 Å². The maximum atomic E-state index is 14.9. The number of benzene rings is 2. The first kappa shape index (κ1) is 34.3. The second-order valence-corrected chi connectivity index (χ2v) is 16.9. The van der Waals surface area contributed by atoms with Crippen molar-refractivity contribution in [1.82, 2.24) is 9.62 Å². The number of carbonyl (C=O) groups excluding carboxylic acids is 2. The highest BCUT2D eigenvalue weighted by atomic mass is 35.5. The average molecular weight is 713 g/mol. The highest BCUT2D eigenvalue weighted by molar-refractivity contribution is 7.92. The average Bonchev–Trinajstić information content (AvgIpc) is 3.19. The van der Waals surface area contributed by atoms with Crippen LogP contribution in [0, 0.1) is 11.8 Å². The van der Waals surface area contributed by atoms with Gasteiger partial charge in [-0.25, -0.2) is 13.7 Å². The van der Waals surface area contributed by atoms with Gasteiger partial charge in [0.1, 0.15) is 11.4 Å². The van der Waals surface area contributed by atoms with Gasteiger partial charge in [0, 0.05) is 30.6 Å². The third-order valence-electron chi connectivity index (χ3n) is 10.9. The van der Waals surface area contributed by atoms with Crippen molar-refractivity contribution < 1.29 is 33.1 Å². The van der Waals surface area contributed by atoms with Crippen LogP contribution in [0.3, 0.4) is 0 Å². The van der Waals surface area contributed by atoms with Gasteiger partial charge in [-0.15, -0.1) is 4.36 Å². The van der Waals surface area contributed by atoms with E-state index in [2.05, 4.69) is 26.1 Å². The van der Waals surface area contributed by atoms with Crippen LogP contribution in [0.1, 0.15) is 50.7 Å². The monoisotopic (exact) mass is 712 g/mol. The van der Waals surface area contributed by atoms with Crippen molar-refractivity contribution >= 4 is 39.1 Å². The summed E-state index contributed by atoms with van der Waals surface area (Å²) in [6.07, 6.45) is 8.03. The number of fused-ring (bicyclic) bond motifs is 4. The van der Waals surface area contributed by atoms with E-state index in [0.717, 1.165) is 42.8 Å². The van der Waals surface area contributed by atoms with Gasteiger partial charge in [0.2, 0.25) is 0 Å². The highest BCUT2D eigenvalue weighted by Crippen LogP contribution is 2.47. The van der Waals surface area contributed by atoms with E-state index in [1.807, 2.05) is 18.2 Å². The molecule has 2 bridgehead atoms. The minimum atomic E-state index is -3.86. The lowest BCUT2D eigenvalue weighted by atomic mass is 9.68. The number of aliphatic hydroxyl groups is 1. The second kappa shape index (κ2) is 13.2. The molecule has 1 saturated carbocycles. The van der Waals surface area contributed by atoms with Crippen LogP contribution in [0.25, 0.3) is 0 Å². The lowest BCUT2D eigenvalue weighted by Gasteiger charge is -2.46. The van der Waals surface area contributed by atoms with E-state index in [9.17, 15) is 18.9 Å². The molecule has 5 atom stereocenters. The Morgan fingerprint density at radius 1 is 1.16 bits per heavy atom. The Morgan fingerprint density at radius 2 is 1.98 bits per heavy atom. The number of aliphatic hydroxyl groups excluding tert-OH is 1. The number of nitrogens with zero attached hydrogens (tertiary/aromatic N) is 3. The zero-order valence-electron chi connectivity index (χ0n) is 28.2. The van der Waals surface area contributed by atoms with Crippen LogP contribution >= 0.6 is 11.6 Å². The molecule has 2 N–H and O–H groups in total. The zero-order valence-corrected chi connectivity index (χ0v) is 29.8. The number of urea groups is 1. The molecule has 3 aliphatic heterocycles. The topological polar surface area (TPSA) is 130 Å². The molecule has 2 aromatic carbocycles. The minimum absolute atomic E-state index is 0.0990. The van der Waals surface area contributed by atoms with Crippen LogP contribution < -0.4 is 14.4 Å². The number of aryl methyl sites for hydroxylation is 1. The molecule has 5 aliphatic rings. The number of ether oxygens (including phenoxy) is 3. The maximum absolute atomic E-state index is 14.9. The summed E-state index contributed by atoms with van der Waals surface area (Å²) in [5, 5.41) is 10.5. The first-order valence-corrected chi connectivity index (χ1v) is 19.0. The van der Waals surface area contributed by atoms with Gasteiger partial charge in [-0.05, 0) is 99.2 Å². The molecular weight excluding hydrogens is 668 g/mol. The van der Waals surface area contributed by atoms with E-state index in [1.54, 1.807) is 39.2 Å². The lowest BCUT2D eigenvalue weighted by molar-refractivity contribution is -0.137. The number of halogens is 1. The molecule has 3 heterocycles. The number of hydrogen-bond donors (Lipinski definition) is 2. The molecule has 0 aromatic heterocycles. The fraction of sp³-hybridized carbons (Fsp3) is 0.556. The maximum Gasteiger partial charge on any atom is 0.330 e. The van der Waals surface area contributed by atoms with Crippen molar-refractivity contribution in [2.24, 2.45) is 16.2 Å². The third kappa shape index (κ3) is 6.58. The van der Waals surface area contributed by atoms with E-state index in [-0.39, 0.29) is 42.0 Å². The Labute approximate surface area is 293 Å². The molecule has 2 fully saturated rings. The van der Waals surface area contributed by atoms with E-state index in [0.29, 0.717) is 31.4 Å². The summed E-state index contributed by atoms with van der Waals surface area (Å²) in [6.45, 7) is 5.29. The normalized spacial score (nSPS) is 31.3. The molecule has 49 heavy (non-hydrogen) atoms. The van der Waals surface area contributed by atoms with Gasteiger partial charge in [0.05, 0.1) is 49.1 Å². The number of amides is 3. The number of nitrogens with one attached hydrogen (secondary N) is 1. The zero-order chi connectivity index (χ0) is 34.6. The molecule has 7 rings (SSSR count). The van der Waals surface area contributed by atoms with Gasteiger partial charge in [0.15, 0.2) is 9.92 Å². The molecule has 2 aromatic rings. The van der Waals surface area contributed by atoms with Crippen molar-refractivity contribution in [1.29, 1.82) is 0 Å². The largest absolute Gasteiger partial charge is 0.490 e. The number of likely N-dealkylation sites (tertiary alicyclic amines) is 1. The molecule has 2 aliphatic carbocycles. The van der Waals surface area contributed by atoms with Crippen LogP contribution in [0.2, 0.25) is 5.02 Å². The highest BCUT2D eigenvalue weighted by Gasteiger charge is 2.45. The summed E-state index contributed by atoms with van der Waals surface area (Å²) in [4.78, 5) is 30.8. The summed E-state index contributed by atoms with van der Waals surface area (Å²) in [6, 6.07) is 10.6. The SMILES string of the molecule is CO[C@H]1C=CCOC(C)(C)C(=O)N=[S@@](=O)(NC(=O)N2CC(O)C2)c2ccc3c(c2)N(C[C@@H]2CC[C@H]21)C[C@@]1(CCCc2cc(Cl)ccc21)CO3. The fourth-order valence-electron chi connectivity index (χ4n) is 7.87. The first-order valence-electron chi connectivity index (χ1n) is 17.1. The summed E-state index contributed by atoms with van der Waals surface area (Å²) in [5.41, 5.74) is 1.46. The van der Waals surface area contributed by atoms with Crippen LogP contribution in [0.4, 0.5) is 10.5 Å². The van der Waals surface area contributed by atoms with E-state index in [1.165, 1.54) is 16.0 Å². The van der Waals surface area contributed by atoms with Gasteiger partial charge in [-0.3, -0.25) is 4.79 Å². The van der Waals surface area contributed by atoms with Gasteiger partial charge in [0.25, 0.3) is 5.91 Å². The summed E-state index contributed by atoms with van der Waals surface area (Å²) in [5.74, 6) is 0.450. The van der Waals surface area contributed by atoms with Gasteiger partial charge in [-0.1, -0.05) is 29.8 Å². The molecule has 11 nitrogen and oxygen atoms in total. The minimum Gasteiger partial charge on any atom is -0.490 e. The van der Waals surface area contributed by atoms with Gasteiger partial charge >= 0.3 is 6.03 Å². The number of β-amino-alcohol motifs (C(OH)–C–C–N with tert-alkyl or cyclic N) is 1. The molecular formula is C36H45ClN4O7S. The first-order chi connectivity index (χ1) is 23.4. The number of hydrogen-bond acceptors (Lipinski definition) is 8. The number of carbonyl (C=O) groups is 2. The Kier molecular flexibility index (Phi) is 9.23. The molecule has 0 radical (unpaired) electrons. The molecule has 13 heteroatoms. The van der Waals surface area contributed by atoms with Crippen LogP contribution in [0.15, 0.2) is 57.8 Å². The van der Waals surface area contributed by atoms with Crippen molar-refractivity contribution in [2.75, 3.05) is 51.4 Å². The molecule has 0 unspecified atom stereocenters. The Hall–Kier alpha value is -3.16. The Bertz CT molecular complexity index is 1790. The summed E-state index contributed by atoms with van der Waals surface area (Å²) in [7, 11) is -2.14. The molecule has 264 valence electrons. The standard InChI is InChI=1S/C36H45ClN4O7S/c1-35(2)33(43)38-49(45,39-34(44)40-19-26(42)20-40)27-10-13-32-30(17-27)41(18-24-8-11-28(24)31(46-3)7-5-15-48-35)21-36(22-47-32)14-4-6-23-16-25(37)9-12-29(23)36/h5,7,9-10,12-13,16-17,24,26,28,31,42H,4,6,8,11,14-15,18-22H2,1-3H3,(H,38,39,43,44,45)/t24-,28+,31-,36-,49+/m0/s1. The van der Waals surface area contributed by atoms with Crippen molar-refractivity contribution in [2.45, 2.75) is 74.1 Å². The van der Waals surface area contributed by atoms with Crippen LogP contribution in [-0.2, 0) is 36.0 Å². The van der Waals surface area contributed by atoms with Crippen molar-refractivity contribution in [3.63, 3.8) is 0 Å². The van der Waals surface area contributed by atoms with E-state index < -0.39 is 33.6 Å². The molecule has 1 saturated heterocycles. The number of rotatable bonds is 2. The molecule has 3 amide bonds. The van der Waals surface area contributed by atoms with Crippen LogP contribution in [-0.4, -0.2) is 90.5 Å². The Morgan fingerprint density at radius 3 is 2.71 bits per heavy atom. The fourth-order valence-corrected chi connectivity index (χ4v) is 9.68. The third-order valence-corrected chi connectivity index (χ3v) is 12.9. The summed E-state index contributed by atoms with van der Waals surface area (Å²) >= 11 is 6.45. The second-order valence-electron chi connectivity index (χ2n) is 14.6.